The Morgan fingerprint density at radius 3 is 2.17 bits per heavy atom. The van der Waals surface area contributed by atoms with Gasteiger partial charge in [0.15, 0.2) is 0 Å². The van der Waals surface area contributed by atoms with Gasteiger partial charge in [0.2, 0.25) is 0 Å². The Labute approximate surface area is 276 Å². The van der Waals surface area contributed by atoms with E-state index in [9.17, 15) is 14.7 Å². The van der Waals surface area contributed by atoms with Crippen LogP contribution in [0.1, 0.15) is 119 Å². The molecule has 0 bridgehead atoms. The summed E-state index contributed by atoms with van der Waals surface area (Å²) in [6.07, 6.45) is 12.0. The van der Waals surface area contributed by atoms with Crippen LogP contribution in [0, 0.1) is 52.3 Å². The van der Waals surface area contributed by atoms with Crippen molar-refractivity contribution in [1.29, 1.82) is 0 Å². The lowest BCUT2D eigenvalue weighted by Gasteiger charge is -2.61. The van der Waals surface area contributed by atoms with E-state index in [1.54, 1.807) is 12.1 Å². The van der Waals surface area contributed by atoms with Crippen LogP contribution < -0.4 is 0 Å². The second-order valence-corrected chi connectivity index (χ2v) is 16.2. The SMILES string of the molecule is C[C@H](CCC[C@@H](C)[C@H]1C[C@H](O)[C@H]2[C@@H]3CC[C@H]4C[C@H](OC(=O)c5ccccc5)CC[C@]4(C)[C@H]3CC[C@@]21C)COC(=O)c1ccccc1. The minimum atomic E-state index is -0.238. The summed E-state index contributed by atoms with van der Waals surface area (Å²) >= 11 is 0. The van der Waals surface area contributed by atoms with E-state index in [2.05, 4.69) is 27.7 Å². The summed E-state index contributed by atoms with van der Waals surface area (Å²) in [4.78, 5) is 25.1. The molecule has 46 heavy (non-hydrogen) atoms. The maximum absolute atomic E-state index is 12.8. The molecule has 0 radical (unpaired) electrons. The van der Waals surface area contributed by atoms with Gasteiger partial charge in [0.1, 0.15) is 6.10 Å². The zero-order valence-corrected chi connectivity index (χ0v) is 28.5. The maximum atomic E-state index is 12.8. The van der Waals surface area contributed by atoms with Gasteiger partial charge in [-0.2, -0.15) is 0 Å². The number of aliphatic hydroxyl groups is 1. The van der Waals surface area contributed by atoms with E-state index in [4.69, 9.17) is 9.47 Å². The molecule has 1 N–H and O–H groups in total. The van der Waals surface area contributed by atoms with Crippen molar-refractivity contribution in [2.75, 3.05) is 6.61 Å². The molecular weight excluding hydrogens is 572 g/mol. The van der Waals surface area contributed by atoms with E-state index < -0.39 is 0 Å². The predicted octanol–water partition coefficient (Wildman–Crippen LogP) is 9.14. The molecule has 2 aromatic carbocycles. The number of carbonyl (C=O) groups excluding carboxylic acids is 2. The van der Waals surface area contributed by atoms with Crippen molar-refractivity contribution in [2.45, 2.75) is 111 Å². The monoisotopic (exact) mass is 628 g/mol. The highest BCUT2D eigenvalue weighted by atomic mass is 16.5. The molecule has 4 aliphatic carbocycles. The van der Waals surface area contributed by atoms with E-state index in [-0.39, 0.29) is 35.0 Å². The van der Waals surface area contributed by atoms with E-state index in [1.165, 1.54) is 25.7 Å². The quantitative estimate of drug-likeness (QED) is 0.266. The average Bonchev–Trinajstić information content (AvgIpc) is 3.34. The lowest BCUT2D eigenvalue weighted by molar-refractivity contribution is -0.143. The van der Waals surface area contributed by atoms with E-state index in [0.717, 1.165) is 44.9 Å². The number of carbonyl (C=O) groups is 2. The first-order valence-corrected chi connectivity index (χ1v) is 18.3. The third-order valence-electron chi connectivity index (χ3n) is 13.5. The molecule has 5 heteroatoms. The van der Waals surface area contributed by atoms with Crippen LogP contribution in [0.2, 0.25) is 0 Å². The van der Waals surface area contributed by atoms with Crippen LogP contribution in [0.25, 0.3) is 0 Å². The molecule has 0 unspecified atom stereocenters. The molecule has 4 fully saturated rings. The Balaban J connectivity index is 1.01. The Bertz CT molecular complexity index is 1330. The summed E-state index contributed by atoms with van der Waals surface area (Å²) in [5.41, 5.74) is 1.72. The van der Waals surface area contributed by atoms with Crippen molar-refractivity contribution < 1.29 is 24.2 Å². The van der Waals surface area contributed by atoms with Gasteiger partial charge in [-0.15, -0.1) is 0 Å². The predicted molar refractivity (Wildman–Crippen MR) is 181 cm³/mol. The molecule has 0 saturated heterocycles. The summed E-state index contributed by atoms with van der Waals surface area (Å²) in [6.45, 7) is 10.1. The first-order chi connectivity index (χ1) is 22.1. The highest BCUT2D eigenvalue weighted by molar-refractivity contribution is 5.89. The van der Waals surface area contributed by atoms with Crippen LogP contribution in [0.4, 0.5) is 0 Å². The molecule has 0 aromatic heterocycles. The largest absolute Gasteiger partial charge is 0.462 e. The summed E-state index contributed by atoms with van der Waals surface area (Å²) in [7, 11) is 0. The fraction of sp³-hybridized carbons (Fsp3) is 0.659. The van der Waals surface area contributed by atoms with Crippen LogP contribution >= 0.6 is 0 Å². The molecule has 250 valence electrons. The van der Waals surface area contributed by atoms with Crippen molar-refractivity contribution >= 4 is 11.9 Å². The van der Waals surface area contributed by atoms with Crippen molar-refractivity contribution in [2.24, 2.45) is 52.3 Å². The smallest absolute Gasteiger partial charge is 0.338 e. The lowest BCUT2D eigenvalue weighted by atomic mass is 9.44. The van der Waals surface area contributed by atoms with E-state index >= 15 is 0 Å². The lowest BCUT2D eigenvalue weighted by Crippen LogP contribution is -2.55. The number of aliphatic hydroxyl groups excluding tert-OH is 1. The number of rotatable bonds is 10. The molecule has 0 spiro atoms. The fourth-order valence-corrected chi connectivity index (χ4v) is 11.1. The van der Waals surface area contributed by atoms with Gasteiger partial charge in [-0.25, -0.2) is 9.59 Å². The van der Waals surface area contributed by atoms with Gasteiger partial charge >= 0.3 is 11.9 Å². The topological polar surface area (TPSA) is 72.8 Å². The van der Waals surface area contributed by atoms with Crippen molar-refractivity contribution in [3.8, 4) is 0 Å². The van der Waals surface area contributed by atoms with Gasteiger partial charge in [0.05, 0.1) is 23.8 Å². The van der Waals surface area contributed by atoms with Gasteiger partial charge < -0.3 is 14.6 Å². The molecule has 0 aliphatic heterocycles. The van der Waals surface area contributed by atoms with Gasteiger partial charge in [-0.1, -0.05) is 76.9 Å². The third-order valence-corrected chi connectivity index (χ3v) is 13.5. The molecule has 0 heterocycles. The average molecular weight is 629 g/mol. The number of fused-ring (bicyclic) bond motifs is 5. The Morgan fingerprint density at radius 1 is 0.826 bits per heavy atom. The number of esters is 2. The Morgan fingerprint density at radius 2 is 1.48 bits per heavy atom. The molecule has 4 aliphatic rings. The van der Waals surface area contributed by atoms with Gasteiger partial charge in [-0.05, 0) is 134 Å². The second kappa shape index (κ2) is 13.8. The first kappa shape index (κ1) is 33.2. The highest BCUT2D eigenvalue weighted by Gasteiger charge is 2.63. The highest BCUT2D eigenvalue weighted by Crippen LogP contribution is 2.68. The van der Waals surface area contributed by atoms with Crippen LogP contribution in [0.15, 0.2) is 60.7 Å². The van der Waals surface area contributed by atoms with Crippen LogP contribution in [0.3, 0.4) is 0 Å². The minimum Gasteiger partial charge on any atom is -0.462 e. The van der Waals surface area contributed by atoms with Crippen molar-refractivity contribution in [1.82, 2.24) is 0 Å². The molecule has 11 atom stereocenters. The van der Waals surface area contributed by atoms with Gasteiger partial charge in [0.25, 0.3) is 0 Å². The van der Waals surface area contributed by atoms with Crippen LogP contribution in [0.5, 0.6) is 0 Å². The minimum absolute atomic E-state index is 0.0112. The summed E-state index contributed by atoms with van der Waals surface area (Å²) in [6, 6.07) is 18.6. The number of ether oxygens (including phenoxy) is 2. The summed E-state index contributed by atoms with van der Waals surface area (Å²) in [5, 5.41) is 11.7. The first-order valence-electron chi connectivity index (χ1n) is 18.3. The van der Waals surface area contributed by atoms with Gasteiger partial charge in [0, 0.05) is 0 Å². The number of hydrogen-bond donors (Lipinski definition) is 1. The molecule has 4 saturated carbocycles. The van der Waals surface area contributed by atoms with Crippen molar-refractivity contribution in [3.05, 3.63) is 71.8 Å². The van der Waals surface area contributed by atoms with E-state index in [0.29, 0.717) is 59.2 Å². The molecule has 0 amide bonds. The maximum Gasteiger partial charge on any atom is 0.338 e. The Kier molecular flexibility index (Phi) is 9.99. The number of hydrogen-bond acceptors (Lipinski definition) is 5. The fourth-order valence-electron chi connectivity index (χ4n) is 11.1. The normalized spacial score (nSPS) is 36.4. The molecule has 2 aromatic rings. The zero-order valence-electron chi connectivity index (χ0n) is 28.5. The zero-order chi connectivity index (χ0) is 32.5. The summed E-state index contributed by atoms with van der Waals surface area (Å²) < 4.78 is 11.6. The number of benzene rings is 2. The molecule has 5 nitrogen and oxygen atoms in total. The van der Waals surface area contributed by atoms with Crippen molar-refractivity contribution in [3.63, 3.8) is 0 Å². The second-order valence-electron chi connectivity index (χ2n) is 16.2. The summed E-state index contributed by atoms with van der Waals surface area (Å²) in [5.74, 6) is 3.25. The standard InChI is InChI=1S/C41H56O5/c1-27(26-45-38(43)29-14-7-5-8-15-29)12-11-13-28(2)35-25-36(42)37-33-19-18-31-24-32(46-39(44)30-16-9-6-10-17-30)20-22-40(31,3)34(33)21-23-41(35,37)4/h5-10,14-17,27-28,31-37,42H,11-13,18-26H2,1-4H3/t27-,28-,31+,32-,33-,34+,35-,36+,37-,40+,41-/m1/s1. The third kappa shape index (κ3) is 6.55. The van der Waals surface area contributed by atoms with E-state index in [1.807, 2.05) is 48.5 Å². The van der Waals surface area contributed by atoms with Crippen LogP contribution in [-0.2, 0) is 9.47 Å². The molecule has 6 rings (SSSR count). The Hall–Kier alpha value is -2.66. The molecular formula is C41H56O5. The van der Waals surface area contributed by atoms with Gasteiger partial charge in [-0.3, -0.25) is 0 Å². The van der Waals surface area contributed by atoms with Crippen LogP contribution in [-0.4, -0.2) is 35.9 Å².